The van der Waals surface area contributed by atoms with E-state index in [4.69, 9.17) is 0 Å². The van der Waals surface area contributed by atoms with E-state index < -0.39 is 0 Å². The van der Waals surface area contributed by atoms with Gasteiger partial charge in [-0.2, -0.15) is 0 Å². The predicted octanol–water partition coefficient (Wildman–Crippen LogP) is 3.23. The van der Waals surface area contributed by atoms with Gasteiger partial charge in [0.1, 0.15) is 5.56 Å². The summed E-state index contributed by atoms with van der Waals surface area (Å²) in [5.41, 5.74) is 0.651. The highest BCUT2D eigenvalue weighted by atomic mass is 16.2. The van der Waals surface area contributed by atoms with Crippen molar-refractivity contribution in [2.45, 2.75) is 44.1 Å². The first-order chi connectivity index (χ1) is 11.6. The number of pyridine rings is 1. The van der Waals surface area contributed by atoms with Crippen molar-refractivity contribution in [1.29, 1.82) is 0 Å². The van der Waals surface area contributed by atoms with E-state index in [0.717, 1.165) is 47.9 Å². The molecule has 4 heteroatoms. The molecule has 0 spiro atoms. The Morgan fingerprint density at radius 3 is 2.33 bits per heavy atom. The van der Waals surface area contributed by atoms with E-state index in [1.807, 2.05) is 24.3 Å². The standard InChI is InChI=1S/C20H22N2O2/c23-18-16(8-15-3-1-2-4-17(15)21-18)19(24)22-20-9-12-5-13(10-20)7-14(6-12)11-20/h1-4,8,12-14H,5-7,9-11H2,(H,21,23)(H,22,24). The van der Waals surface area contributed by atoms with Gasteiger partial charge < -0.3 is 10.3 Å². The van der Waals surface area contributed by atoms with Crippen molar-refractivity contribution >= 4 is 16.8 Å². The number of rotatable bonds is 2. The summed E-state index contributed by atoms with van der Waals surface area (Å²) in [7, 11) is 0. The monoisotopic (exact) mass is 322 g/mol. The van der Waals surface area contributed by atoms with Crippen LogP contribution < -0.4 is 10.9 Å². The average molecular weight is 322 g/mol. The lowest BCUT2D eigenvalue weighted by atomic mass is 9.53. The Labute approximate surface area is 140 Å². The van der Waals surface area contributed by atoms with E-state index in [1.165, 1.54) is 19.3 Å². The van der Waals surface area contributed by atoms with Crippen molar-refractivity contribution in [1.82, 2.24) is 10.3 Å². The van der Waals surface area contributed by atoms with Gasteiger partial charge >= 0.3 is 0 Å². The van der Waals surface area contributed by atoms with Crippen molar-refractivity contribution in [3.63, 3.8) is 0 Å². The molecule has 4 bridgehead atoms. The van der Waals surface area contributed by atoms with Crippen molar-refractivity contribution in [3.8, 4) is 0 Å². The van der Waals surface area contributed by atoms with E-state index in [9.17, 15) is 9.59 Å². The molecule has 2 aromatic rings. The first-order valence-corrected chi connectivity index (χ1v) is 9.05. The highest BCUT2D eigenvalue weighted by Crippen LogP contribution is 2.55. The van der Waals surface area contributed by atoms with Gasteiger partial charge in [0.05, 0.1) is 0 Å². The summed E-state index contributed by atoms with van der Waals surface area (Å²) in [6.07, 6.45) is 7.30. The number of aromatic nitrogens is 1. The van der Waals surface area contributed by atoms with Crippen LogP contribution in [0.4, 0.5) is 0 Å². The maximum absolute atomic E-state index is 12.9. The summed E-state index contributed by atoms with van der Waals surface area (Å²) in [4.78, 5) is 28.0. The van der Waals surface area contributed by atoms with Gasteiger partial charge in [0.25, 0.3) is 11.5 Å². The number of benzene rings is 1. The lowest BCUT2D eigenvalue weighted by Crippen LogP contribution is -2.60. The van der Waals surface area contributed by atoms with Crippen LogP contribution in [0.3, 0.4) is 0 Å². The highest BCUT2D eigenvalue weighted by molar-refractivity contribution is 5.97. The van der Waals surface area contributed by atoms with Crippen molar-refractivity contribution in [3.05, 3.63) is 46.2 Å². The van der Waals surface area contributed by atoms with Gasteiger partial charge in [-0.1, -0.05) is 18.2 Å². The quantitative estimate of drug-likeness (QED) is 0.892. The molecule has 4 aliphatic rings. The third-order valence-electron chi connectivity index (χ3n) is 6.42. The minimum atomic E-state index is -0.295. The van der Waals surface area contributed by atoms with Gasteiger partial charge in [-0.3, -0.25) is 9.59 Å². The second-order valence-electron chi connectivity index (χ2n) is 8.25. The molecule has 6 rings (SSSR count). The summed E-state index contributed by atoms with van der Waals surface area (Å²) in [5, 5.41) is 4.18. The Morgan fingerprint density at radius 1 is 1.04 bits per heavy atom. The zero-order valence-corrected chi connectivity index (χ0v) is 13.7. The van der Waals surface area contributed by atoms with Crippen LogP contribution in [0.25, 0.3) is 10.9 Å². The Bertz CT molecular complexity index is 847. The molecule has 0 radical (unpaired) electrons. The lowest BCUT2D eigenvalue weighted by Gasteiger charge is -2.56. The Hall–Kier alpha value is -2.10. The molecule has 1 aromatic carbocycles. The van der Waals surface area contributed by atoms with Crippen LogP contribution in [0.2, 0.25) is 0 Å². The fraction of sp³-hybridized carbons (Fsp3) is 0.500. The lowest BCUT2D eigenvalue weighted by molar-refractivity contribution is -0.0167. The SMILES string of the molecule is O=C(NC12CC3CC(CC(C3)C1)C2)c1cc2ccccc2[nH]c1=O. The molecular weight excluding hydrogens is 300 g/mol. The molecular formula is C20H22N2O2. The van der Waals surface area contributed by atoms with Crippen molar-refractivity contribution in [2.75, 3.05) is 0 Å². The Balaban J connectivity index is 1.47. The van der Waals surface area contributed by atoms with Crippen LogP contribution in [-0.2, 0) is 0 Å². The van der Waals surface area contributed by atoms with E-state index in [1.54, 1.807) is 6.07 Å². The first kappa shape index (κ1) is 14.3. The first-order valence-electron chi connectivity index (χ1n) is 9.05. The van der Waals surface area contributed by atoms with Crippen molar-refractivity contribution < 1.29 is 4.79 Å². The molecule has 0 saturated heterocycles. The van der Waals surface area contributed by atoms with Crippen LogP contribution in [0.15, 0.2) is 35.1 Å². The zero-order valence-electron chi connectivity index (χ0n) is 13.7. The third-order valence-corrected chi connectivity index (χ3v) is 6.42. The normalized spacial score (nSPS) is 33.8. The zero-order chi connectivity index (χ0) is 16.3. The molecule has 4 saturated carbocycles. The smallest absolute Gasteiger partial charge is 0.261 e. The number of hydrogen-bond donors (Lipinski definition) is 2. The molecule has 124 valence electrons. The summed E-state index contributed by atoms with van der Waals surface area (Å²) < 4.78 is 0. The van der Waals surface area contributed by atoms with E-state index >= 15 is 0 Å². The summed E-state index contributed by atoms with van der Waals surface area (Å²) in [6, 6.07) is 9.31. The van der Waals surface area contributed by atoms with Gasteiger partial charge in [0, 0.05) is 11.1 Å². The molecule has 2 N–H and O–H groups in total. The number of H-pyrrole nitrogens is 1. The number of nitrogens with one attached hydrogen (secondary N) is 2. The molecule has 0 unspecified atom stereocenters. The highest BCUT2D eigenvalue weighted by Gasteiger charge is 2.51. The minimum absolute atomic E-state index is 0.0656. The maximum Gasteiger partial charge on any atom is 0.261 e. The summed E-state index contributed by atoms with van der Waals surface area (Å²) in [6.45, 7) is 0. The van der Waals surface area contributed by atoms with Crippen LogP contribution in [-0.4, -0.2) is 16.4 Å². The molecule has 1 amide bonds. The van der Waals surface area contributed by atoms with Crippen molar-refractivity contribution in [2.24, 2.45) is 17.8 Å². The molecule has 0 atom stereocenters. The summed E-state index contributed by atoms with van der Waals surface area (Å²) in [5.74, 6) is 2.10. The van der Waals surface area contributed by atoms with Gasteiger partial charge in [-0.05, 0) is 73.8 Å². The maximum atomic E-state index is 12.9. The number of para-hydroxylation sites is 1. The molecule has 4 aliphatic carbocycles. The van der Waals surface area contributed by atoms with E-state index in [-0.39, 0.29) is 22.6 Å². The molecule has 24 heavy (non-hydrogen) atoms. The predicted molar refractivity (Wildman–Crippen MR) is 92.9 cm³/mol. The van der Waals surface area contributed by atoms with Gasteiger partial charge in [0.15, 0.2) is 0 Å². The minimum Gasteiger partial charge on any atom is -0.346 e. The fourth-order valence-corrected chi connectivity index (χ4v) is 5.89. The second-order valence-corrected chi connectivity index (χ2v) is 8.25. The molecule has 4 fully saturated rings. The van der Waals surface area contributed by atoms with Crippen LogP contribution >= 0.6 is 0 Å². The van der Waals surface area contributed by atoms with E-state index in [0.29, 0.717) is 0 Å². The van der Waals surface area contributed by atoms with Crippen LogP contribution in [0.5, 0.6) is 0 Å². The van der Waals surface area contributed by atoms with Crippen LogP contribution in [0, 0.1) is 17.8 Å². The van der Waals surface area contributed by atoms with Crippen LogP contribution in [0.1, 0.15) is 48.9 Å². The van der Waals surface area contributed by atoms with Gasteiger partial charge in [0.2, 0.25) is 0 Å². The van der Waals surface area contributed by atoms with Gasteiger partial charge in [-0.25, -0.2) is 0 Å². The van der Waals surface area contributed by atoms with E-state index in [2.05, 4.69) is 10.3 Å². The Kier molecular flexibility index (Phi) is 2.94. The largest absolute Gasteiger partial charge is 0.346 e. The number of hydrogen-bond acceptors (Lipinski definition) is 2. The number of aromatic amines is 1. The third kappa shape index (κ3) is 2.20. The topological polar surface area (TPSA) is 62.0 Å². The molecule has 4 nitrogen and oxygen atoms in total. The molecule has 1 aromatic heterocycles. The molecule has 1 heterocycles. The fourth-order valence-electron chi connectivity index (χ4n) is 5.89. The second kappa shape index (κ2) is 4.95. The number of carbonyl (C=O) groups is 1. The average Bonchev–Trinajstić information content (AvgIpc) is 2.52. The molecule has 0 aliphatic heterocycles. The number of fused-ring (bicyclic) bond motifs is 1. The number of amides is 1. The number of carbonyl (C=O) groups excluding carboxylic acids is 1. The Morgan fingerprint density at radius 2 is 1.67 bits per heavy atom. The summed E-state index contributed by atoms with van der Waals surface area (Å²) >= 11 is 0. The van der Waals surface area contributed by atoms with Gasteiger partial charge in [-0.15, -0.1) is 0 Å².